The zero-order valence-corrected chi connectivity index (χ0v) is 17.5. The highest BCUT2D eigenvalue weighted by Crippen LogP contribution is 2.24. The smallest absolute Gasteiger partial charge is 0.256 e. The van der Waals surface area contributed by atoms with Crippen molar-refractivity contribution in [1.29, 1.82) is 0 Å². The maximum Gasteiger partial charge on any atom is 0.256 e. The van der Waals surface area contributed by atoms with Crippen LogP contribution in [0, 0.1) is 5.92 Å². The largest absolute Gasteiger partial charge is 0.492 e. The summed E-state index contributed by atoms with van der Waals surface area (Å²) in [4.78, 5) is 11.5. The lowest BCUT2D eigenvalue weighted by Gasteiger charge is -2.18. The summed E-state index contributed by atoms with van der Waals surface area (Å²) < 4.78 is 6.01. The minimum Gasteiger partial charge on any atom is -0.492 e. The van der Waals surface area contributed by atoms with Gasteiger partial charge in [-0.3, -0.25) is 4.79 Å². The number of para-hydroxylation sites is 1. The molecule has 1 atom stereocenters. The minimum atomic E-state index is -0.448. The lowest BCUT2D eigenvalue weighted by Crippen LogP contribution is -2.13. The van der Waals surface area contributed by atoms with Crippen LogP contribution in [0.1, 0.15) is 101 Å². The highest BCUT2D eigenvalue weighted by atomic mass is 35.5. The number of hydrogen-bond acceptors (Lipinski definition) is 2. The molecule has 1 unspecified atom stereocenters. The molecule has 0 radical (unpaired) electrons. The molecule has 0 saturated heterocycles. The number of ether oxygens (including phenoxy) is 1. The van der Waals surface area contributed by atoms with Crippen LogP contribution in [0.2, 0.25) is 0 Å². The van der Waals surface area contributed by atoms with Crippen LogP contribution < -0.4 is 4.74 Å². The third-order valence-electron chi connectivity index (χ3n) is 5.01. The second-order valence-electron chi connectivity index (χ2n) is 7.35. The summed E-state index contributed by atoms with van der Waals surface area (Å²) in [6.07, 6.45) is 15.6. The van der Waals surface area contributed by atoms with Gasteiger partial charge in [0.25, 0.3) is 5.24 Å². The van der Waals surface area contributed by atoms with Gasteiger partial charge < -0.3 is 4.74 Å². The predicted octanol–water partition coefficient (Wildman–Crippen LogP) is 7.78. The highest BCUT2D eigenvalue weighted by Gasteiger charge is 2.13. The van der Waals surface area contributed by atoms with Gasteiger partial charge in [-0.25, -0.2) is 0 Å². The van der Waals surface area contributed by atoms with E-state index in [2.05, 4.69) is 13.8 Å². The molecule has 0 saturated carbocycles. The summed E-state index contributed by atoms with van der Waals surface area (Å²) in [5.41, 5.74) is 0.471. The van der Waals surface area contributed by atoms with Crippen LogP contribution >= 0.6 is 11.6 Å². The second-order valence-corrected chi connectivity index (χ2v) is 7.70. The molecule has 0 bridgehead atoms. The highest BCUT2D eigenvalue weighted by molar-refractivity contribution is 6.68. The molecule has 0 amide bonds. The molecule has 0 spiro atoms. The molecule has 1 rings (SSSR count). The van der Waals surface area contributed by atoms with Crippen LogP contribution in [0.5, 0.6) is 5.75 Å². The average Bonchev–Trinajstić information content (AvgIpc) is 2.65. The Morgan fingerprint density at radius 2 is 1.42 bits per heavy atom. The van der Waals surface area contributed by atoms with Gasteiger partial charge in [0, 0.05) is 0 Å². The number of hydrogen-bond donors (Lipinski definition) is 0. The van der Waals surface area contributed by atoms with Gasteiger partial charge in [0.05, 0.1) is 12.2 Å². The first kappa shape index (κ1) is 23.0. The first-order valence-corrected chi connectivity index (χ1v) is 11.0. The van der Waals surface area contributed by atoms with Crippen molar-refractivity contribution in [1.82, 2.24) is 0 Å². The lowest BCUT2D eigenvalue weighted by atomic mass is 9.95. The molecule has 0 fully saturated rings. The molecular weight excluding hydrogens is 344 g/mol. The molecule has 1 aromatic carbocycles. The van der Waals surface area contributed by atoms with Gasteiger partial charge >= 0.3 is 0 Å². The van der Waals surface area contributed by atoms with Crippen molar-refractivity contribution >= 4 is 16.8 Å². The summed E-state index contributed by atoms with van der Waals surface area (Å²) in [5.74, 6) is 1.19. The van der Waals surface area contributed by atoms with E-state index >= 15 is 0 Å². The van der Waals surface area contributed by atoms with E-state index in [9.17, 15) is 4.79 Å². The fourth-order valence-electron chi connectivity index (χ4n) is 3.35. The summed E-state index contributed by atoms with van der Waals surface area (Å²) in [6.45, 7) is 5.19. The van der Waals surface area contributed by atoms with Gasteiger partial charge in [-0.1, -0.05) is 90.2 Å². The van der Waals surface area contributed by atoms with Gasteiger partial charge in [0.1, 0.15) is 5.75 Å². The maximum absolute atomic E-state index is 11.5. The fraction of sp³-hybridized carbons (Fsp3) is 0.696. The number of benzene rings is 1. The summed E-state index contributed by atoms with van der Waals surface area (Å²) >= 11 is 5.67. The molecule has 26 heavy (non-hydrogen) atoms. The van der Waals surface area contributed by atoms with Crippen LogP contribution in [0.15, 0.2) is 24.3 Å². The van der Waals surface area contributed by atoms with Crippen molar-refractivity contribution in [3.63, 3.8) is 0 Å². The summed E-state index contributed by atoms with van der Waals surface area (Å²) in [6, 6.07) is 7.28. The van der Waals surface area contributed by atoms with Crippen molar-refractivity contribution in [3.8, 4) is 5.75 Å². The molecule has 148 valence electrons. The van der Waals surface area contributed by atoms with E-state index in [1.807, 2.05) is 18.2 Å². The molecule has 0 aliphatic heterocycles. The monoisotopic (exact) mass is 380 g/mol. The van der Waals surface area contributed by atoms with Crippen molar-refractivity contribution in [3.05, 3.63) is 29.8 Å². The molecule has 0 aliphatic rings. The molecule has 3 heteroatoms. The Balaban J connectivity index is 2.46. The zero-order valence-electron chi connectivity index (χ0n) is 16.8. The Morgan fingerprint density at radius 3 is 2.04 bits per heavy atom. The van der Waals surface area contributed by atoms with Crippen LogP contribution in [0.4, 0.5) is 0 Å². The van der Waals surface area contributed by atoms with Gasteiger partial charge in [0.2, 0.25) is 0 Å². The number of carbonyl (C=O) groups is 1. The third kappa shape index (κ3) is 10.2. The Hall–Kier alpha value is -1.02. The van der Waals surface area contributed by atoms with Crippen molar-refractivity contribution in [2.24, 2.45) is 5.92 Å². The normalized spacial score (nSPS) is 12.1. The van der Waals surface area contributed by atoms with E-state index in [4.69, 9.17) is 16.3 Å². The first-order chi connectivity index (χ1) is 12.7. The quantitative estimate of drug-likeness (QED) is 0.216. The van der Waals surface area contributed by atoms with Gasteiger partial charge in [-0.2, -0.15) is 0 Å². The van der Waals surface area contributed by atoms with E-state index in [1.54, 1.807) is 6.07 Å². The Morgan fingerprint density at radius 1 is 0.885 bits per heavy atom. The number of carbonyl (C=O) groups excluding carboxylic acids is 1. The maximum atomic E-state index is 11.5. The zero-order chi connectivity index (χ0) is 19.0. The molecule has 0 aliphatic carbocycles. The van der Waals surface area contributed by atoms with Gasteiger partial charge in [-0.05, 0) is 42.5 Å². The molecular formula is C23H37ClO2. The van der Waals surface area contributed by atoms with Crippen LogP contribution in [-0.2, 0) is 0 Å². The van der Waals surface area contributed by atoms with E-state index in [-0.39, 0.29) is 0 Å². The first-order valence-electron chi connectivity index (χ1n) is 10.6. The second kappa shape index (κ2) is 15.1. The number of halogens is 1. The molecule has 1 aromatic rings. The Bertz CT molecular complexity index is 487. The van der Waals surface area contributed by atoms with E-state index < -0.39 is 5.24 Å². The fourth-order valence-corrected chi connectivity index (χ4v) is 3.50. The number of rotatable bonds is 16. The number of unbranched alkanes of at least 4 members (excludes halogenated alkanes) is 8. The van der Waals surface area contributed by atoms with Crippen LogP contribution in [-0.4, -0.2) is 11.8 Å². The topological polar surface area (TPSA) is 26.3 Å². The minimum absolute atomic E-state index is 0.448. The van der Waals surface area contributed by atoms with Crippen LogP contribution in [0.25, 0.3) is 0 Å². The van der Waals surface area contributed by atoms with Crippen molar-refractivity contribution in [2.75, 3.05) is 6.61 Å². The van der Waals surface area contributed by atoms with Gasteiger partial charge in [-0.15, -0.1) is 0 Å². The molecule has 0 aromatic heterocycles. The predicted molar refractivity (Wildman–Crippen MR) is 112 cm³/mol. The SMILES string of the molecule is CCCCCCCCC(CCCCCC)COc1ccccc1C(=O)Cl. The van der Waals surface area contributed by atoms with E-state index in [1.165, 1.54) is 77.0 Å². The van der Waals surface area contributed by atoms with E-state index in [0.29, 0.717) is 23.8 Å². The van der Waals surface area contributed by atoms with E-state index in [0.717, 1.165) is 0 Å². The molecule has 0 heterocycles. The van der Waals surface area contributed by atoms with Crippen LogP contribution in [0.3, 0.4) is 0 Å². The average molecular weight is 381 g/mol. The van der Waals surface area contributed by atoms with Gasteiger partial charge in [0.15, 0.2) is 0 Å². The summed E-state index contributed by atoms with van der Waals surface area (Å²) in [7, 11) is 0. The summed E-state index contributed by atoms with van der Waals surface area (Å²) in [5, 5.41) is -0.448. The lowest BCUT2D eigenvalue weighted by molar-refractivity contribution is 0.107. The third-order valence-corrected chi connectivity index (χ3v) is 5.21. The Labute approximate surface area is 165 Å². The van der Waals surface area contributed by atoms with Crippen molar-refractivity contribution < 1.29 is 9.53 Å². The van der Waals surface area contributed by atoms with Crippen molar-refractivity contribution in [2.45, 2.75) is 90.9 Å². The standard InChI is InChI=1S/C23H37ClO2/c1-3-5-7-9-10-12-16-20(15-11-8-6-4-2)19-26-22-18-14-13-17-21(22)23(24)25/h13-14,17-18,20H,3-12,15-16,19H2,1-2H3. The Kier molecular flexibility index (Phi) is 13.4. The molecule has 2 nitrogen and oxygen atoms in total. The molecule has 0 N–H and O–H groups in total.